The Balaban J connectivity index is 1.36. The van der Waals surface area contributed by atoms with Crippen LogP contribution >= 0.6 is 11.3 Å². The SMILES string of the molecule is COc1ccccc1Nc1nc(C(=O)N2CCCC(C(=O)NCc3ccco3)C2)cs1. The first-order valence-electron chi connectivity index (χ1n) is 10.1. The van der Waals surface area contributed by atoms with Crippen LogP contribution in [0.3, 0.4) is 0 Å². The van der Waals surface area contributed by atoms with E-state index >= 15 is 0 Å². The number of likely N-dealkylation sites (tertiary alicyclic amines) is 1. The molecule has 4 rings (SSSR count). The van der Waals surface area contributed by atoms with Crippen molar-refractivity contribution in [2.75, 3.05) is 25.5 Å². The first-order valence-corrected chi connectivity index (χ1v) is 11.0. The molecule has 2 amide bonds. The van der Waals surface area contributed by atoms with Crippen LogP contribution in [0.25, 0.3) is 0 Å². The molecule has 0 saturated carbocycles. The van der Waals surface area contributed by atoms with Gasteiger partial charge in [0.2, 0.25) is 5.91 Å². The van der Waals surface area contributed by atoms with Gasteiger partial charge in [0.25, 0.3) is 5.91 Å². The maximum atomic E-state index is 13.0. The second-order valence-corrected chi connectivity index (χ2v) is 8.11. The molecule has 0 spiro atoms. The molecule has 1 aromatic carbocycles. The number of nitrogens with zero attached hydrogens (tertiary/aromatic N) is 2. The summed E-state index contributed by atoms with van der Waals surface area (Å²) in [7, 11) is 1.61. The van der Waals surface area contributed by atoms with Gasteiger partial charge in [-0.15, -0.1) is 11.3 Å². The minimum Gasteiger partial charge on any atom is -0.495 e. The molecule has 1 saturated heterocycles. The number of thiazole rings is 1. The number of hydrogen-bond acceptors (Lipinski definition) is 7. The third-order valence-electron chi connectivity index (χ3n) is 5.17. The van der Waals surface area contributed by atoms with Gasteiger partial charge in [-0.05, 0) is 37.1 Å². The quantitative estimate of drug-likeness (QED) is 0.582. The molecule has 1 atom stereocenters. The van der Waals surface area contributed by atoms with Crippen LogP contribution in [-0.2, 0) is 11.3 Å². The Morgan fingerprint density at radius 2 is 2.16 bits per heavy atom. The molecule has 0 radical (unpaired) electrons. The fraction of sp³-hybridized carbons (Fsp3) is 0.318. The zero-order chi connectivity index (χ0) is 21.6. The van der Waals surface area contributed by atoms with Crippen molar-refractivity contribution in [3.63, 3.8) is 0 Å². The zero-order valence-electron chi connectivity index (χ0n) is 17.2. The molecular weight excluding hydrogens is 416 g/mol. The number of methoxy groups -OCH3 is 1. The fourth-order valence-corrected chi connectivity index (χ4v) is 4.26. The van der Waals surface area contributed by atoms with E-state index in [2.05, 4.69) is 15.6 Å². The summed E-state index contributed by atoms with van der Waals surface area (Å²) in [5, 5.41) is 8.43. The van der Waals surface area contributed by atoms with Crippen LogP contribution in [0.5, 0.6) is 5.75 Å². The number of benzene rings is 1. The van der Waals surface area contributed by atoms with Gasteiger partial charge in [0.1, 0.15) is 17.2 Å². The number of para-hydroxylation sites is 2. The minimum absolute atomic E-state index is 0.0642. The van der Waals surface area contributed by atoms with Crippen LogP contribution in [0.4, 0.5) is 10.8 Å². The number of nitrogens with one attached hydrogen (secondary N) is 2. The van der Waals surface area contributed by atoms with Crippen LogP contribution in [0.2, 0.25) is 0 Å². The van der Waals surface area contributed by atoms with Crippen molar-refractivity contribution in [3.8, 4) is 5.75 Å². The van der Waals surface area contributed by atoms with E-state index in [0.29, 0.717) is 42.0 Å². The Morgan fingerprint density at radius 1 is 1.29 bits per heavy atom. The first-order chi connectivity index (χ1) is 15.1. The van der Waals surface area contributed by atoms with E-state index in [4.69, 9.17) is 9.15 Å². The highest BCUT2D eigenvalue weighted by Gasteiger charge is 2.30. The summed E-state index contributed by atoms with van der Waals surface area (Å²) in [4.78, 5) is 31.7. The van der Waals surface area contributed by atoms with Crippen LogP contribution in [-0.4, -0.2) is 41.9 Å². The van der Waals surface area contributed by atoms with Gasteiger partial charge in [0.15, 0.2) is 5.13 Å². The standard InChI is InChI=1S/C22H24N4O4S/c1-29-19-9-3-2-8-17(19)24-22-25-18(14-31-22)21(28)26-10-4-6-15(13-26)20(27)23-12-16-7-5-11-30-16/h2-3,5,7-9,11,14-15H,4,6,10,12-13H2,1H3,(H,23,27)(H,24,25). The Hall–Kier alpha value is -3.33. The van der Waals surface area contributed by atoms with Gasteiger partial charge >= 0.3 is 0 Å². The number of aromatic nitrogens is 1. The lowest BCUT2D eigenvalue weighted by molar-refractivity contribution is -0.126. The number of piperidine rings is 1. The van der Waals surface area contributed by atoms with Crippen molar-refractivity contribution in [1.29, 1.82) is 0 Å². The highest BCUT2D eigenvalue weighted by Crippen LogP contribution is 2.29. The van der Waals surface area contributed by atoms with Crippen LogP contribution in [0.1, 0.15) is 29.1 Å². The normalized spacial score (nSPS) is 16.0. The number of furan rings is 1. The number of carbonyl (C=O) groups excluding carboxylic acids is 2. The van der Waals surface area contributed by atoms with E-state index in [0.717, 1.165) is 18.5 Å². The summed E-state index contributed by atoms with van der Waals surface area (Å²) in [5.74, 6) is 0.940. The summed E-state index contributed by atoms with van der Waals surface area (Å²) < 4.78 is 10.6. The molecular formula is C22H24N4O4S. The number of amides is 2. The largest absolute Gasteiger partial charge is 0.495 e. The number of rotatable bonds is 7. The summed E-state index contributed by atoms with van der Waals surface area (Å²) in [6, 6.07) is 11.1. The Labute approximate surface area is 184 Å². The molecule has 1 aliphatic rings. The van der Waals surface area contributed by atoms with Gasteiger partial charge in [0.05, 0.1) is 31.5 Å². The molecule has 3 heterocycles. The maximum absolute atomic E-state index is 13.0. The Morgan fingerprint density at radius 3 is 2.97 bits per heavy atom. The van der Waals surface area contributed by atoms with Crippen molar-refractivity contribution in [3.05, 3.63) is 59.5 Å². The highest BCUT2D eigenvalue weighted by atomic mass is 32.1. The second kappa shape index (κ2) is 9.65. The smallest absolute Gasteiger partial charge is 0.273 e. The van der Waals surface area contributed by atoms with Gasteiger partial charge in [0, 0.05) is 18.5 Å². The van der Waals surface area contributed by atoms with E-state index in [-0.39, 0.29) is 17.7 Å². The predicted molar refractivity (Wildman–Crippen MR) is 118 cm³/mol. The number of hydrogen-bond donors (Lipinski definition) is 2. The average molecular weight is 441 g/mol. The maximum Gasteiger partial charge on any atom is 0.273 e. The Kier molecular flexibility index (Phi) is 6.51. The van der Waals surface area contributed by atoms with Crippen molar-refractivity contribution >= 4 is 34.0 Å². The third kappa shape index (κ3) is 5.05. The van der Waals surface area contributed by atoms with Crippen molar-refractivity contribution in [2.45, 2.75) is 19.4 Å². The zero-order valence-corrected chi connectivity index (χ0v) is 18.0. The monoisotopic (exact) mass is 440 g/mol. The lowest BCUT2D eigenvalue weighted by atomic mass is 9.97. The molecule has 0 aliphatic carbocycles. The number of carbonyl (C=O) groups is 2. The van der Waals surface area contributed by atoms with E-state index in [1.54, 1.807) is 29.7 Å². The van der Waals surface area contributed by atoms with Crippen LogP contribution < -0.4 is 15.4 Å². The third-order valence-corrected chi connectivity index (χ3v) is 5.93. The second-order valence-electron chi connectivity index (χ2n) is 7.25. The molecule has 1 aliphatic heterocycles. The Bertz CT molecular complexity index is 1030. The highest BCUT2D eigenvalue weighted by molar-refractivity contribution is 7.14. The molecule has 1 unspecified atom stereocenters. The molecule has 2 aromatic heterocycles. The molecule has 3 aromatic rings. The van der Waals surface area contributed by atoms with E-state index < -0.39 is 0 Å². The van der Waals surface area contributed by atoms with Gasteiger partial charge < -0.3 is 24.7 Å². The minimum atomic E-state index is -0.238. The predicted octanol–water partition coefficient (Wildman–Crippen LogP) is 3.66. The summed E-state index contributed by atoms with van der Waals surface area (Å²) >= 11 is 1.35. The van der Waals surface area contributed by atoms with Gasteiger partial charge in [-0.1, -0.05) is 12.1 Å². The van der Waals surface area contributed by atoms with E-state index in [1.807, 2.05) is 30.3 Å². The lowest BCUT2D eigenvalue weighted by Crippen LogP contribution is -2.45. The molecule has 9 heteroatoms. The van der Waals surface area contributed by atoms with Crippen LogP contribution in [0, 0.1) is 5.92 Å². The van der Waals surface area contributed by atoms with Crippen molar-refractivity contribution in [2.24, 2.45) is 5.92 Å². The van der Waals surface area contributed by atoms with E-state index in [1.165, 1.54) is 11.3 Å². The topological polar surface area (TPSA) is 96.7 Å². The van der Waals surface area contributed by atoms with Gasteiger partial charge in [-0.3, -0.25) is 9.59 Å². The molecule has 8 nitrogen and oxygen atoms in total. The summed E-state index contributed by atoms with van der Waals surface area (Å²) in [6.45, 7) is 1.35. The van der Waals surface area contributed by atoms with Crippen LogP contribution in [0.15, 0.2) is 52.5 Å². The first kappa shape index (κ1) is 20.9. The average Bonchev–Trinajstić information content (AvgIpc) is 3.50. The van der Waals surface area contributed by atoms with E-state index in [9.17, 15) is 9.59 Å². The number of anilines is 2. The number of ether oxygens (including phenoxy) is 1. The molecule has 0 bridgehead atoms. The van der Waals surface area contributed by atoms with Crippen molar-refractivity contribution < 1.29 is 18.7 Å². The molecule has 31 heavy (non-hydrogen) atoms. The molecule has 1 fully saturated rings. The molecule has 2 N–H and O–H groups in total. The fourth-order valence-electron chi connectivity index (χ4n) is 3.56. The van der Waals surface area contributed by atoms with Gasteiger partial charge in [-0.25, -0.2) is 4.98 Å². The van der Waals surface area contributed by atoms with Gasteiger partial charge in [-0.2, -0.15) is 0 Å². The summed E-state index contributed by atoms with van der Waals surface area (Å²) in [6.07, 6.45) is 3.11. The molecule has 162 valence electrons. The van der Waals surface area contributed by atoms with Crippen molar-refractivity contribution in [1.82, 2.24) is 15.2 Å². The summed E-state index contributed by atoms with van der Waals surface area (Å²) in [5.41, 5.74) is 1.16. The lowest BCUT2D eigenvalue weighted by Gasteiger charge is -2.31.